The Morgan fingerprint density at radius 2 is 1.92 bits per heavy atom. The summed E-state index contributed by atoms with van der Waals surface area (Å²) in [7, 11) is -0.387. The molecule has 0 amide bonds. The monoisotopic (exact) mass is 204 g/mol. The van der Waals surface area contributed by atoms with Crippen LogP contribution in [0.5, 0.6) is 0 Å². The molecule has 12 heavy (non-hydrogen) atoms. The molecule has 72 valence electrons. The Labute approximate surface area is 83.9 Å². The number of hydrogen-bond acceptors (Lipinski definition) is 0. The van der Waals surface area contributed by atoms with Crippen LogP contribution >= 0.6 is 11.1 Å². The minimum Gasteiger partial charge on any atom is -0.170 e. The molecule has 0 spiro atoms. The summed E-state index contributed by atoms with van der Waals surface area (Å²) in [6.45, 7) is 4.47. The van der Waals surface area contributed by atoms with Gasteiger partial charge < -0.3 is 0 Å². The first-order valence-corrected chi connectivity index (χ1v) is 7.93. The van der Waals surface area contributed by atoms with Gasteiger partial charge in [0.15, 0.2) is 8.83 Å². The van der Waals surface area contributed by atoms with E-state index in [1.807, 2.05) is 0 Å². The molecular formula is C10H21ClSi. The zero-order valence-corrected chi connectivity index (χ0v) is 10.6. The lowest BCUT2D eigenvalue weighted by Crippen LogP contribution is -1.89. The maximum absolute atomic E-state index is 5.95. The van der Waals surface area contributed by atoms with E-state index in [1.54, 1.807) is 5.20 Å². The van der Waals surface area contributed by atoms with E-state index in [0.29, 0.717) is 0 Å². The van der Waals surface area contributed by atoms with Gasteiger partial charge in [-0.1, -0.05) is 50.8 Å². The summed E-state index contributed by atoms with van der Waals surface area (Å²) in [5.74, 6) is 0. The van der Waals surface area contributed by atoms with Crippen molar-refractivity contribution in [2.75, 3.05) is 0 Å². The highest BCUT2D eigenvalue weighted by atomic mass is 35.6. The minimum atomic E-state index is -0.387. The van der Waals surface area contributed by atoms with Crippen LogP contribution in [0.15, 0.2) is 11.3 Å². The first kappa shape index (κ1) is 12.2. The number of rotatable bonds is 7. The highest BCUT2D eigenvalue weighted by Gasteiger charge is 1.94. The van der Waals surface area contributed by atoms with Gasteiger partial charge in [-0.05, 0) is 12.8 Å². The Morgan fingerprint density at radius 1 is 1.25 bits per heavy atom. The van der Waals surface area contributed by atoms with Gasteiger partial charge in [0.05, 0.1) is 0 Å². The van der Waals surface area contributed by atoms with Crippen molar-refractivity contribution < 1.29 is 0 Å². The lowest BCUT2D eigenvalue weighted by Gasteiger charge is -2.01. The fourth-order valence-corrected chi connectivity index (χ4v) is 2.56. The molecule has 0 fully saturated rings. The van der Waals surface area contributed by atoms with Crippen LogP contribution < -0.4 is 0 Å². The van der Waals surface area contributed by atoms with Gasteiger partial charge in [0, 0.05) is 0 Å². The predicted octanol–water partition coefficient (Wildman–Crippen LogP) is 3.57. The molecule has 0 aliphatic carbocycles. The fraction of sp³-hybridized carbons (Fsp3) is 0.800. The summed E-state index contributed by atoms with van der Waals surface area (Å²) >= 11 is 5.95. The molecule has 0 aliphatic heterocycles. The first-order chi connectivity index (χ1) is 5.85. The van der Waals surface area contributed by atoms with Crippen LogP contribution in [-0.2, 0) is 0 Å². The van der Waals surface area contributed by atoms with Crippen LogP contribution in [0.25, 0.3) is 0 Å². The smallest absolute Gasteiger partial charge is 0.151 e. The minimum absolute atomic E-state index is 0.387. The molecule has 0 nitrogen and oxygen atoms in total. The van der Waals surface area contributed by atoms with Crippen molar-refractivity contribution in [3.63, 3.8) is 0 Å². The lowest BCUT2D eigenvalue weighted by molar-refractivity contribution is 0.786. The Bertz CT molecular complexity index is 121. The number of allylic oxidation sites excluding steroid dienone is 2. The number of halogens is 1. The van der Waals surface area contributed by atoms with Gasteiger partial charge in [0.25, 0.3) is 0 Å². The van der Waals surface area contributed by atoms with Crippen molar-refractivity contribution in [1.29, 1.82) is 0 Å². The van der Waals surface area contributed by atoms with E-state index in [1.165, 1.54) is 38.5 Å². The van der Waals surface area contributed by atoms with E-state index >= 15 is 0 Å². The van der Waals surface area contributed by atoms with Gasteiger partial charge >= 0.3 is 0 Å². The molecule has 0 bridgehead atoms. The van der Waals surface area contributed by atoms with Crippen molar-refractivity contribution in [2.24, 2.45) is 0 Å². The summed E-state index contributed by atoms with van der Waals surface area (Å²) in [5.41, 5.74) is 0. The standard InChI is InChI=1S/C10H21ClSi/c1-3-5-7-9-10(12-11)8-6-4-2/h9H,3-8,12H2,1-2H3. The second-order valence-electron chi connectivity index (χ2n) is 3.24. The van der Waals surface area contributed by atoms with Gasteiger partial charge in [-0.15, -0.1) is 0 Å². The number of hydrogen-bond donors (Lipinski definition) is 0. The Kier molecular flexibility index (Phi) is 9.53. The van der Waals surface area contributed by atoms with Gasteiger partial charge in [-0.3, -0.25) is 0 Å². The molecule has 0 radical (unpaired) electrons. The quantitative estimate of drug-likeness (QED) is 0.338. The molecule has 0 heterocycles. The van der Waals surface area contributed by atoms with E-state index < -0.39 is 0 Å². The Hall–Kier alpha value is 0.247. The third-order valence-electron chi connectivity index (χ3n) is 2.01. The molecule has 0 aromatic carbocycles. The van der Waals surface area contributed by atoms with Crippen LogP contribution in [0.2, 0.25) is 0 Å². The first-order valence-electron chi connectivity index (χ1n) is 5.09. The topological polar surface area (TPSA) is 0 Å². The molecular weight excluding hydrogens is 184 g/mol. The molecule has 0 rings (SSSR count). The third kappa shape index (κ3) is 6.93. The van der Waals surface area contributed by atoms with E-state index in [9.17, 15) is 0 Å². The van der Waals surface area contributed by atoms with E-state index in [2.05, 4.69) is 19.9 Å². The average Bonchev–Trinajstić information content (AvgIpc) is 2.11. The van der Waals surface area contributed by atoms with Gasteiger partial charge in [0.2, 0.25) is 0 Å². The van der Waals surface area contributed by atoms with E-state index in [4.69, 9.17) is 11.1 Å². The van der Waals surface area contributed by atoms with Crippen LogP contribution in [-0.4, -0.2) is 8.83 Å². The molecule has 0 aromatic rings. The zero-order valence-electron chi connectivity index (χ0n) is 8.41. The maximum Gasteiger partial charge on any atom is 0.151 e. The van der Waals surface area contributed by atoms with Gasteiger partial charge in [-0.25, -0.2) is 0 Å². The van der Waals surface area contributed by atoms with Crippen molar-refractivity contribution in [2.45, 2.75) is 52.4 Å². The normalized spacial score (nSPS) is 13.1. The second kappa shape index (κ2) is 9.34. The molecule has 0 unspecified atom stereocenters. The highest BCUT2D eigenvalue weighted by molar-refractivity contribution is 6.97. The van der Waals surface area contributed by atoms with E-state index in [-0.39, 0.29) is 8.83 Å². The largest absolute Gasteiger partial charge is 0.170 e. The molecule has 0 aromatic heterocycles. The van der Waals surface area contributed by atoms with Crippen molar-refractivity contribution >= 4 is 19.9 Å². The molecule has 0 aliphatic rings. The van der Waals surface area contributed by atoms with Gasteiger partial charge in [0.1, 0.15) is 0 Å². The SMILES string of the molecule is CCCCC=C(CCCC)[SiH2]Cl. The molecule has 0 atom stereocenters. The van der Waals surface area contributed by atoms with Crippen LogP contribution in [0.1, 0.15) is 52.4 Å². The van der Waals surface area contributed by atoms with Crippen LogP contribution in [0.3, 0.4) is 0 Å². The molecule has 2 heteroatoms. The highest BCUT2D eigenvalue weighted by Crippen LogP contribution is 2.09. The summed E-state index contributed by atoms with van der Waals surface area (Å²) in [4.78, 5) is 0. The third-order valence-corrected chi connectivity index (χ3v) is 4.03. The summed E-state index contributed by atoms with van der Waals surface area (Å²) in [6, 6.07) is 0. The molecule has 0 N–H and O–H groups in total. The predicted molar refractivity (Wildman–Crippen MR) is 61.5 cm³/mol. The van der Waals surface area contributed by atoms with Crippen LogP contribution in [0.4, 0.5) is 0 Å². The second-order valence-corrected chi connectivity index (χ2v) is 5.22. The fourth-order valence-electron chi connectivity index (χ4n) is 1.14. The summed E-state index contributed by atoms with van der Waals surface area (Å²) in [6.07, 6.45) is 10.1. The number of unbranched alkanes of at least 4 members (excludes halogenated alkanes) is 3. The summed E-state index contributed by atoms with van der Waals surface area (Å²) < 4.78 is 0. The van der Waals surface area contributed by atoms with Gasteiger partial charge in [-0.2, -0.15) is 11.1 Å². The molecule has 0 saturated heterocycles. The van der Waals surface area contributed by atoms with Crippen molar-refractivity contribution in [1.82, 2.24) is 0 Å². The van der Waals surface area contributed by atoms with E-state index in [0.717, 1.165) is 0 Å². The Balaban J connectivity index is 3.55. The lowest BCUT2D eigenvalue weighted by atomic mass is 10.2. The Morgan fingerprint density at radius 3 is 2.42 bits per heavy atom. The molecule has 0 saturated carbocycles. The zero-order chi connectivity index (χ0) is 9.23. The van der Waals surface area contributed by atoms with Crippen LogP contribution in [0, 0.1) is 0 Å². The average molecular weight is 205 g/mol. The van der Waals surface area contributed by atoms with Crippen molar-refractivity contribution in [3.8, 4) is 0 Å². The maximum atomic E-state index is 5.95. The van der Waals surface area contributed by atoms with Crippen molar-refractivity contribution in [3.05, 3.63) is 11.3 Å². The summed E-state index contributed by atoms with van der Waals surface area (Å²) in [5, 5.41) is 1.58.